The third-order valence-corrected chi connectivity index (χ3v) is 2.72. The number of aromatic amines is 1. The summed E-state index contributed by atoms with van der Waals surface area (Å²) in [7, 11) is 1.38. The highest BCUT2D eigenvalue weighted by Gasteiger charge is 2.21. The number of hydrogen-bond donors (Lipinski definition) is 2. The number of rotatable bonds is 4. The number of nitrogens with zero attached hydrogens (tertiary/aromatic N) is 1. The van der Waals surface area contributed by atoms with Gasteiger partial charge in [0.2, 0.25) is 5.43 Å². The molecule has 0 bridgehead atoms. The highest BCUT2D eigenvalue weighted by Crippen LogP contribution is 2.24. The van der Waals surface area contributed by atoms with Crippen molar-refractivity contribution in [3.8, 4) is 5.75 Å². The molecule has 0 aliphatic carbocycles. The minimum absolute atomic E-state index is 0.000354. The van der Waals surface area contributed by atoms with Gasteiger partial charge in [0.25, 0.3) is 11.6 Å². The van der Waals surface area contributed by atoms with E-state index in [1.54, 1.807) is 0 Å². The Bertz CT molecular complexity index is 753. The van der Waals surface area contributed by atoms with Crippen LogP contribution in [0.15, 0.2) is 41.5 Å². The summed E-state index contributed by atoms with van der Waals surface area (Å²) in [5, 5.41) is 13.3. The number of ether oxygens (including phenoxy) is 1. The second-order valence-electron chi connectivity index (χ2n) is 4.02. The monoisotopic (exact) mass is 289 g/mol. The van der Waals surface area contributed by atoms with Crippen LogP contribution < -0.4 is 15.5 Å². The largest absolute Gasteiger partial charge is 0.497 e. The van der Waals surface area contributed by atoms with Crippen LogP contribution in [0.5, 0.6) is 5.75 Å². The minimum atomic E-state index is -0.766. The van der Waals surface area contributed by atoms with Gasteiger partial charge in [-0.3, -0.25) is 19.7 Å². The molecule has 0 unspecified atom stereocenters. The number of H-pyrrole nitrogens is 1. The van der Waals surface area contributed by atoms with Crippen molar-refractivity contribution in [2.24, 2.45) is 0 Å². The van der Waals surface area contributed by atoms with Crippen molar-refractivity contribution in [3.05, 3.63) is 62.6 Å². The normalized spacial score (nSPS) is 9.95. The first-order chi connectivity index (χ1) is 10.0. The number of anilines is 1. The van der Waals surface area contributed by atoms with Gasteiger partial charge in [0.05, 0.1) is 12.0 Å². The molecule has 0 saturated heterocycles. The first-order valence-corrected chi connectivity index (χ1v) is 5.84. The van der Waals surface area contributed by atoms with Crippen LogP contribution in [0.4, 0.5) is 11.4 Å². The maximum Gasteiger partial charge on any atom is 0.282 e. The van der Waals surface area contributed by atoms with Crippen LogP contribution in [0.2, 0.25) is 0 Å². The van der Waals surface area contributed by atoms with E-state index in [1.807, 2.05) is 0 Å². The number of methoxy groups -OCH3 is 1. The average Bonchev–Trinajstić information content (AvgIpc) is 2.48. The van der Waals surface area contributed by atoms with Gasteiger partial charge in [0.1, 0.15) is 17.0 Å². The van der Waals surface area contributed by atoms with E-state index in [1.165, 1.54) is 43.8 Å². The SMILES string of the molecule is COc1ccc([N+](=O)[O-])c(C(=O)Nc2c[nH]ccc2=O)c1. The van der Waals surface area contributed by atoms with Crippen molar-refractivity contribution in [2.75, 3.05) is 12.4 Å². The summed E-state index contributed by atoms with van der Waals surface area (Å²) < 4.78 is 4.94. The van der Waals surface area contributed by atoms with E-state index >= 15 is 0 Å². The number of nitrogens with one attached hydrogen (secondary N) is 2. The van der Waals surface area contributed by atoms with E-state index in [0.717, 1.165) is 0 Å². The standard InChI is InChI=1S/C13H11N3O5/c1-21-8-2-3-11(16(19)20)9(6-8)13(18)15-10-7-14-5-4-12(10)17/h2-7H,1H3,(H,14,17)(H,15,18). The zero-order valence-corrected chi connectivity index (χ0v) is 11.0. The third kappa shape index (κ3) is 3.06. The molecule has 21 heavy (non-hydrogen) atoms. The van der Waals surface area contributed by atoms with Crippen LogP contribution in [0.25, 0.3) is 0 Å². The smallest absolute Gasteiger partial charge is 0.282 e. The van der Waals surface area contributed by atoms with Crippen molar-refractivity contribution in [2.45, 2.75) is 0 Å². The zero-order chi connectivity index (χ0) is 15.4. The van der Waals surface area contributed by atoms with Gasteiger partial charge in [0.15, 0.2) is 0 Å². The van der Waals surface area contributed by atoms with Gasteiger partial charge in [-0.2, -0.15) is 0 Å². The second-order valence-corrected chi connectivity index (χ2v) is 4.02. The molecule has 8 nitrogen and oxygen atoms in total. The Kier molecular flexibility index (Phi) is 3.98. The van der Waals surface area contributed by atoms with Crippen LogP contribution in [0.1, 0.15) is 10.4 Å². The lowest BCUT2D eigenvalue weighted by Gasteiger charge is -2.06. The van der Waals surface area contributed by atoms with Crippen LogP contribution >= 0.6 is 0 Å². The summed E-state index contributed by atoms with van der Waals surface area (Å²) >= 11 is 0. The maximum absolute atomic E-state index is 12.1. The molecule has 0 aliphatic rings. The lowest BCUT2D eigenvalue weighted by atomic mass is 10.1. The van der Waals surface area contributed by atoms with Gasteiger partial charge >= 0.3 is 0 Å². The predicted octanol–water partition coefficient (Wildman–Crippen LogP) is 1.54. The Morgan fingerprint density at radius 1 is 1.38 bits per heavy atom. The molecule has 108 valence electrons. The summed E-state index contributed by atoms with van der Waals surface area (Å²) in [6.07, 6.45) is 2.71. The molecule has 0 radical (unpaired) electrons. The number of pyridine rings is 1. The molecule has 1 aromatic heterocycles. The number of amides is 1. The summed E-state index contributed by atoms with van der Waals surface area (Å²) in [4.78, 5) is 36.6. The Labute approximate surface area is 118 Å². The average molecular weight is 289 g/mol. The number of carbonyl (C=O) groups excluding carboxylic acids is 1. The van der Waals surface area contributed by atoms with Crippen molar-refractivity contribution in [1.29, 1.82) is 0 Å². The fourth-order valence-electron chi connectivity index (χ4n) is 1.69. The van der Waals surface area contributed by atoms with Crippen molar-refractivity contribution < 1.29 is 14.5 Å². The number of aromatic nitrogens is 1. The number of benzene rings is 1. The third-order valence-electron chi connectivity index (χ3n) is 2.72. The van der Waals surface area contributed by atoms with E-state index < -0.39 is 16.3 Å². The lowest BCUT2D eigenvalue weighted by molar-refractivity contribution is -0.385. The molecule has 0 aliphatic heterocycles. The predicted molar refractivity (Wildman–Crippen MR) is 74.7 cm³/mol. The maximum atomic E-state index is 12.1. The van der Waals surface area contributed by atoms with E-state index in [2.05, 4.69) is 10.3 Å². The summed E-state index contributed by atoms with van der Waals surface area (Å²) in [6, 6.07) is 5.02. The lowest BCUT2D eigenvalue weighted by Crippen LogP contribution is -2.19. The van der Waals surface area contributed by atoms with Crippen molar-refractivity contribution in [3.63, 3.8) is 0 Å². The molecule has 8 heteroatoms. The Morgan fingerprint density at radius 3 is 2.76 bits per heavy atom. The number of carbonyl (C=O) groups is 1. The fourth-order valence-corrected chi connectivity index (χ4v) is 1.69. The zero-order valence-electron chi connectivity index (χ0n) is 11.0. The second kappa shape index (κ2) is 5.87. The summed E-state index contributed by atoms with van der Waals surface area (Å²) in [5.74, 6) is -0.468. The van der Waals surface area contributed by atoms with Crippen LogP contribution in [-0.2, 0) is 0 Å². The molecule has 0 atom stereocenters. The van der Waals surface area contributed by atoms with Gasteiger partial charge in [0, 0.05) is 24.5 Å². The quantitative estimate of drug-likeness (QED) is 0.654. The fraction of sp³-hybridized carbons (Fsp3) is 0.0769. The van der Waals surface area contributed by atoms with Gasteiger partial charge in [-0.05, 0) is 12.1 Å². The van der Waals surface area contributed by atoms with Gasteiger partial charge in [-0.25, -0.2) is 0 Å². The van der Waals surface area contributed by atoms with E-state index in [4.69, 9.17) is 4.74 Å². The number of nitro groups is 1. The van der Waals surface area contributed by atoms with Crippen LogP contribution in [0.3, 0.4) is 0 Å². The molecular formula is C13H11N3O5. The molecule has 0 fully saturated rings. The van der Waals surface area contributed by atoms with Gasteiger partial charge < -0.3 is 15.0 Å². The molecule has 1 heterocycles. The molecule has 0 saturated carbocycles. The summed E-state index contributed by atoms with van der Waals surface area (Å²) in [5.41, 5.74) is -0.976. The van der Waals surface area contributed by atoms with E-state index in [-0.39, 0.29) is 16.9 Å². The molecule has 2 N–H and O–H groups in total. The van der Waals surface area contributed by atoms with E-state index in [9.17, 15) is 19.7 Å². The molecule has 0 spiro atoms. The topological polar surface area (TPSA) is 114 Å². The van der Waals surface area contributed by atoms with Crippen molar-refractivity contribution in [1.82, 2.24) is 4.98 Å². The van der Waals surface area contributed by atoms with Crippen LogP contribution in [-0.4, -0.2) is 22.9 Å². The van der Waals surface area contributed by atoms with Gasteiger partial charge in [-0.1, -0.05) is 0 Å². The summed E-state index contributed by atoms with van der Waals surface area (Å²) in [6.45, 7) is 0. The first kappa shape index (κ1) is 14.3. The van der Waals surface area contributed by atoms with Crippen molar-refractivity contribution >= 4 is 17.3 Å². The van der Waals surface area contributed by atoms with Gasteiger partial charge in [-0.15, -0.1) is 0 Å². The molecule has 2 rings (SSSR count). The Morgan fingerprint density at radius 2 is 2.14 bits per heavy atom. The molecular weight excluding hydrogens is 278 g/mol. The highest BCUT2D eigenvalue weighted by molar-refractivity contribution is 6.07. The highest BCUT2D eigenvalue weighted by atomic mass is 16.6. The Hall–Kier alpha value is -3.16. The van der Waals surface area contributed by atoms with Crippen LogP contribution in [0, 0.1) is 10.1 Å². The molecule has 1 aromatic carbocycles. The number of hydrogen-bond acceptors (Lipinski definition) is 5. The van der Waals surface area contributed by atoms with E-state index in [0.29, 0.717) is 5.75 Å². The number of nitro benzene ring substituents is 1. The molecule has 2 aromatic rings. The molecule has 1 amide bonds. The first-order valence-electron chi connectivity index (χ1n) is 5.84. The Balaban J connectivity index is 2.40. The minimum Gasteiger partial charge on any atom is -0.497 e.